The molecule has 1 aliphatic rings. The second-order valence-electron chi connectivity index (χ2n) is 4.10. The number of furan rings is 1. The summed E-state index contributed by atoms with van der Waals surface area (Å²) in [5.74, 6) is 1.25. The standard InChI is InChI=1S/C14H9NO3S2/c16-9-3-1-8(2-4-9)11-6-5-10(18-11)7-12-13(17)15-14(19)20-12/h1-7,16H,(H,15,17,19)/b12-7+. The molecule has 1 aliphatic heterocycles. The van der Waals surface area contributed by atoms with Crippen LogP contribution >= 0.6 is 24.0 Å². The molecule has 0 atom stereocenters. The highest BCUT2D eigenvalue weighted by molar-refractivity contribution is 8.26. The summed E-state index contributed by atoms with van der Waals surface area (Å²) >= 11 is 6.13. The average Bonchev–Trinajstić information content (AvgIpc) is 2.98. The summed E-state index contributed by atoms with van der Waals surface area (Å²) in [6, 6.07) is 10.3. The normalized spacial score (nSPS) is 16.7. The first-order chi connectivity index (χ1) is 9.61. The Morgan fingerprint density at radius 1 is 1.20 bits per heavy atom. The fourth-order valence-corrected chi connectivity index (χ4v) is 2.79. The van der Waals surface area contributed by atoms with E-state index in [1.807, 2.05) is 6.07 Å². The molecular formula is C14H9NO3S2. The maximum atomic E-state index is 11.5. The molecule has 1 amide bonds. The number of benzene rings is 1. The van der Waals surface area contributed by atoms with Gasteiger partial charge < -0.3 is 14.8 Å². The number of phenolic OH excluding ortho intramolecular Hbond substituents is 1. The number of hydrogen-bond donors (Lipinski definition) is 2. The fraction of sp³-hybridized carbons (Fsp3) is 0. The minimum absolute atomic E-state index is 0.204. The molecule has 3 rings (SSSR count). The number of carbonyl (C=O) groups excluding carboxylic acids is 1. The van der Waals surface area contributed by atoms with Gasteiger partial charge in [-0.15, -0.1) is 0 Å². The lowest BCUT2D eigenvalue weighted by molar-refractivity contribution is -0.115. The van der Waals surface area contributed by atoms with Gasteiger partial charge in [0.2, 0.25) is 0 Å². The number of carbonyl (C=O) groups is 1. The van der Waals surface area contributed by atoms with Crippen LogP contribution in [0, 0.1) is 0 Å². The van der Waals surface area contributed by atoms with E-state index in [-0.39, 0.29) is 11.7 Å². The van der Waals surface area contributed by atoms with Gasteiger partial charge in [-0.1, -0.05) is 24.0 Å². The van der Waals surface area contributed by atoms with Crippen molar-refractivity contribution in [2.24, 2.45) is 0 Å². The molecule has 1 saturated heterocycles. The molecule has 0 saturated carbocycles. The zero-order valence-corrected chi connectivity index (χ0v) is 11.8. The molecular weight excluding hydrogens is 294 g/mol. The van der Waals surface area contributed by atoms with E-state index in [1.165, 1.54) is 11.8 Å². The molecule has 100 valence electrons. The Balaban J connectivity index is 1.87. The summed E-state index contributed by atoms with van der Waals surface area (Å²) < 4.78 is 6.11. The highest BCUT2D eigenvalue weighted by Crippen LogP contribution is 2.29. The van der Waals surface area contributed by atoms with Crippen molar-refractivity contribution in [3.05, 3.63) is 47.1 Å². The van der Waals surface area contributed by atoms with E-state index in [0.29, 0.717) is 20.7 Å². The van der Waals surface area contributed by atoms with Gasteiger partial charge in [0, 0.05) is 11.6 Å². The lowest BCUT2D eigenvalue weighted by Gasteiger charge is -1.97. The van der Waals surface area contributed by atoms with Crippen LogP contribution in [0.15, 0.2) is 45.7 Å². The maximum absolute atomic E-state index is 11.5. The number of hydrogen-bond acceptors (Lipinski definition) is 5. The van der Waals surface area contributed by atoms with Gasteiger partial charge in [0.15, 0.2) is 0 Å². The van der Waals surface area contributed by atoms with E-state index >= 15 is 0 Å². The zero-order chi connectivity index (χ0) is 14.1. The third-order valence-corrected chi connectivity index (χ3v) is 3.86. The number of amides is 1. The Kier molecular flexibility index (Phi) is 3.33. The van der Waals surface area contributed by atoms with Crippen LogP contribution in [0.3, 0.4) is 0 Å². The smallest absolute Gasteiger partial charge is 0.263 e. The van der Waals surface area contributed by atoms with E-state index in [9.17, 15) is 9.90 Å². The third-order valence-electron chi connectivity index (χ3n) is 2.69. The van der Waals surface area contributed by atoms with Gasteiger partial charge >= 0.3 is 0 Å². The number of rotatable bonds is 2. The van der Waals surface area contributed by atoms with Crippen LogP contribution < -0.4 is 5.32 Å². The number of thiocarbonyl (C=S) groups is 1. The summed E-state index contributed by atoms with van der Waals surface area (Å²) in [6.45, 7) is 0. The maximum Gasteiger partial charge on any atom is 0.263 e. The molecule has 0 radical (unpaired) electrons. The predicted octanol–water partition coefficient (Wildman–Crippen LogP) is 3.14. The number of thioether (sulfide) groups is 1. The molecule has 0 unspecified atom stereocenters. The minimum atomic E-state index is -0.206. The first-order valence-corrected chi connectivity index (χ1v) is 6.98. The Morgan fingerprint density at radius 2 is 1.95 bits per heavy atom. The Hall–Kier alpha value is -2.05. The Bertz CT molecular complexity index is 716. The molecule has 0 spiro atoms. The minimum Gasteiger partial charge on any atom is -0.508 e. The molecule has 0 aliphatic carbocycles. The van der Waals surface area contributed by atoms with E-state index in [2.05, 4.69) is 5.32 Å². The van der Waals surface area contributed by atoms with Crippen molar-refractivity contribution in [1.82, 2.24) is 5.32 Å². The van der Waals surface area contributed by atoms with E-state index in [1.54, 1.807) is 36.4 Å². The molecule has 1 aromatic heterocycles. The SMILES string of the molecule is O=C1NC(=S)S/C1=C/c1ccc(-c2ccc(O)cc2)o1. The van der Waals surface area contributed by atoms with Gasteiger partial charge in [-0.25, -0.2) is 0 Å². The van der Waals surface area contributed by atoms with Gasteiger partial charge in [0.05, 0.1) is 4.91 Å². The summed E-state index contributed by atoms with van der Waals surface area (Å²) in [7, 11) is 0. The lowest BCUT2D eigenvalue weighted by Crippen LogP contribution is -2.17. The van der Waals surface area contributed by atoms with Crippen LogP contribution in [0.2, 0.25) is 0 Å². The van der Waals surface area contributed by atoms with E-state index < -0.39 is 0 Å². The van der Waals surface area contributed by atoms with Crippen molar-refractivity contribution >= 4 is 40.3 Å². The van der Waals surface area contributed by atoms with Crippen LogP contribution in [-0.2, 0) is 4.79 Å². The van der Waals surface area contributed by atoms with Crippen molar-refractivity contribution in [1.29, 1.82) is 0 Å². The van der Waals surface area contributed by atoms with E-state index in [0.717, 1.165) is 5.56 Å². The van der Waals surface area contributed by atoms with Gasteiger partial charge in [-0.05, 0) is 36.4 Å². The van der Waals surface area contributed by atoms with Crippen molar-refractivity contribution in [2.45, 2.75) is 0 Å². The van der Waals surface area contributed by atoms with E-state index in [4.69, 9.17) is 16.6 Å². The molecule has 0 bridgehead atoms. The molecule has 4 nitrogen and oxygen atoms in total. The second kappa shape index (κ2) is 5.15. The summed E-state index contributed by atoms with van der Waals surface area (Å²) in [6.07, 6.45) is 1.66. The van der Waals surface area contributed by atoms with Crippen LogP contribution in [-0.4, -0.2) is 15.3 Å². The van der Waals surface area contributed by atoms with Crippen LogP contribution in [0.25, 0.3) is 17.4 Å². The second-order valence-corrected chi connectivity index (χ2v) is 5.82. The van der Waals surface area contributed by atoms with Crippen molar-refractivity contribution in [2.75, 3.05) is 0 Å². The number of nitrogens with one attached hydrogen (secondary N) is 1. The van der Waals surface area contributed by atoms with Gasteiger partial charge in [-0.2, -0.15) is 0 Å². The van der Waals surface area contributed by atoms with Gasteiger partial charge in [0.1, 0.15) is 21.6 Å². The molecule has 1 fully saturated rings. The van der Waals surface area contributed by atoms with Crippen LogP contribution in [0.4, 0.5) is 0 Å². The topological polar surface area (TPSA) is 62.5 Å². The average molecular weight is 303 g/mol. The molecule has 6 heteroatoms. The zero-order valence-electron chi connectivity index (χ0n) is 10.1. The monoisotopic (exact) mass is 303 g/mol. The molecule has 2 heterocycles. The Morgan fingerprint density at radius 3 is 2.60 bits per heavy atom. The fourth-order valence-electron chi connectivity index (χ4n) is 1.76. The summed E-state index contributed by atoms with van der Waals surface area (Å²) in [5.41, 5.74) is 0.853. The summed E-state index contributed by atoms with van der Waals surface area (Å²) in [4.78, 5) is 12.1. The first kappa shape index (κ1) is 13.0. The van der Waals surface area contributed by atoms with Crippen molar-refractivity contribution < 1.29 is 14.3 Å². The van der Waals surface area contributed by atoms with Gasteiger partial charge in [0.25, 0.3) is 5.91 Å². The molecule has 20 heavy (non-hydrogen) atoms. The lowest BCUT2D eigenvalue weighted by atomic mass is 10.2. The van der Waals surface area contributed by atoms with Crippen molar-refractivity contribution in [3.8, 4) is 17.1 Å². The molecule has 2 aromatic rings. The van der Waals surface area contributed by atoms with Gasteiger partial charge in [-0.3, -0.25) is 4.79 Å². The number of aromatic hydroxyl groups is 1. The third kappa shape index (κ3) is 2.61. The summed E-state index contributed by atoms with van der Waals surface area (Å²) in [5, 5.41) is 11.8. The number of phenols is 1. The predicted molar refractivity (Wildman–Crippen MR) is 82.1 cm³/mol. The Labute approximate surface area is 124 Å². The quantitative estimate of drug-likeness (QED) is 0.659. The highest BCUT2D eigenvalue weighted by Gasteiger charge is 2.22. The molecule has 2 N–H and O–H groups in total. The highest BCUT2D eigenvalue weighted by atomic mass is 32.2. The largest absolute Gasteiger partial charge is 0.508 e. The van der Waals surface area contributed by atoms with Crippen molar-refractivity contribution in [3.63, 3.8) is 0 Å². The molecule has 1 aromatic carbocycles. The van der Waals surface area contributed by atoms with Crippen LogP contribution in [0.1, 0.15) is 5.76 Å². The first-order valence-electron chi connectivity index (χ1n) is 5.76. The van der Waals surface area contributed by atoms with Crippen LogP contribution in [0.5, 0.6) is 5.75 Å².